The van der Waals surface area contributed by atoms with Crippen molar-refractivity contribution in [2.45, 2.75) is 6.10 Å². The fraction of sp³-hybridized carbons (Fsp3) is 0.267. The minimum absolute atomic E-state index is 0.139. The van der Waals surface area contributed by atoms with Gasteiger partial charge in [-0.15, -0.1) is 11.3 Å². The standard InChI is InChI=1S/C15H17NO4S/c1-19-12-6-3-5-10(14(12)20-2)15(18)16-9-11(17)13-7-4-8-21-13/h3-8,11,17H,9H2,1-2H3,(H,16,18). The second kappa shape index (κ2) is 7.10. The highest BCUT2D eigenvalue weighted by atomic mass is 32.1. The third-order valence-electron chi connectivity index (χ3n) is 2.98. The number of para-hydroxylation sites is 1. The van der Waals surface area contributed by atoms with Crippen molar-refractivity contribution in [1.29, 1.82) is 0 Å². The second-order valence-corrected chi connectivity index (χ2v) is 5.26. The molecule has 6 heteroatoms. The first-order valence-electron chi connectivity index (χ1n) is 6.38. The van der Waals surface area contributed by atoms with E-state index in [1.807, 2.05) is 17.5 Å². The van der Waals surface area contributed by atoms with Gasteiger partial charge in [0, 0.05) is 11.4 Å². The fourth-order valence-electron chi connectivity index (χ4n) is 1.93. The first kappa shape index (κ1) is 15.3. The minimum Gasteiger partial charge on any atom is -0.493 e. The Morgan fingerprint density at radius 1 is 1.29 bits per heavy atom. The zero-order valence-electron chi connectivity index (χ0n) is 11.8. The van der Waals surface area contributed by atoms with Crippen molar-refractivity contribution < 1.29 is 19.4 Å². The van der Waals surface area contributed by atoms with Crippen molar-refractivity contribution in [3.05, 3.63) is 46.2 Å². The molecule has 1 amide bonds. The predicted octanol–water partition coefficient (Wildman–Crippen LogP) is 2.23. The number of thiophene rings is 1. The molecule has 1 atom stereocenters. The Labute approximate surface area is 127 Å². The maximum Gasteiger partial charge on any atom is 0.255 e. The van der Waals surface area contributed by atoms with E-state index >= 15 is 0 Å². The van der Waals surface area contributed by atoms with E-state index in [9.17, 15) is 9.90 Å². The Morgan fingerprint density at radius 3 is 2.71 bits per heavy atom. The number of carbonyl (C=O) groups excluding carboxylic acids is 1. The molecular weight excluding hydrogens is 290 g/mol. The smallest absolute Gasteiger partial charge is 0.255 e. The summed E-state index contributed by atoms with van der Waals surface area (Å²) in [4.78, 5) is 13.0. The van der Waals surface area contributed by atoms with Gasteiger partial charge < -0.3 is 19.9 Å². The van der Waals surface area contributed by atoms with Gasteiger partial charge in [0.25, 0.3) is 5.91 Å². The number of ether oxygens (including phenoxy) is 2. The minimum atomic E-state index is -0.717. The number of carbonyl (C=O) groups is 1. The molecule has 0 aliphatic carbocycles. The Hall–Kier alpha value is -2.05. The number of rotatable bonds is 6. The van der Waals surface area contributed by atoms with Crippen LogP contribution >= 0.6 is 11.3 Å². The molecule has 5 nitrogen and oxygen atoms in total. The van der Waals surface area contributed by atoms with Gasteiger partial charge in [-0.1, -0.05) is 12.1 Å². The number of hydrogen-bond acceptors (Lipinski definition) is 5. The first-order chi connectivity index (χ1) is 10.2. The van der Waals surface area contributed by atoms with Gasteiger partial charge in [-0.3, -0.25) is 4.79 Å². The number of hydrogen-bond donors (Lipinski definition) is 2. The van der Waals surface area contributed by atoms with Crippen molar-refractivity contribution in [3.63, 3.8) is 0 Å². The Morgan fingerprint density at radius 2 is 2.10 bits per heavy atom. The Bertz CT molecular complexity index is 598. The molecule has 0 fully saturated rings. The van der Waals surface area contributed by atoms with Crippen LogP contribution in [0.15, 0.2) is 35.7 Å². The van der Waals surface area contributed by atoms with Gasteiger partial charge in [0.15, 0.2) is 11.5 Å². The summed E-state index contributed by atoms with van der Waals surface area (Å²) in [6.45, 7) is 0.139. The SMILES string of the molecule is COc1cccc(C(=O)NCC(O)c2cccs2)c1OC. The lowest BCUT2D eigenvalue weighted by molar-refractivity contribution is 0.0914. The number of amides is 1. The molecule has 0 radical (unpaired) electrons. The maximum absolute atomic E-state index is 12.2. The Balaban J connectivity index is 2.07. The van der Waals surface area contributed by atoms with Gasteiger partial charge in [0.2, 0.25) is 0 Å². The monoisotopic (exact) mass is 307 g/mol. The maximum atomic E-state index is 12.2. The molecule has 21 heavy (non-hydrogen) atoms. The number of aliphatic hydroxyl groups is 1. The third kappa shape index (κ3) is 3.53. The van der Waals surface area contributed by atoms with E-state index in [1.165, 1.54) is 25.6 Å². The highest BCUT2D eigenvalue weighted by molar-refractivity contribution is 7.10. The summed E-state index contributed by atoms with van der Waals surface area (Å²) in [5, 5.41) is 14.5. The van der Waals surface area contributed by atoms with Crippen LogP contribution in [0, 0.1) is 0 Å². The molecule has 0 aliphatic heterocycles. The van der Waals surface area contributed by atoms with Gasteiger partial charge in [0.05, 0.1) is 19.8 Å². The van der Waals surface area contributed by atoms with Crippen molar-refractivity contribution in [1.82, 2.24) is 5.32 Å². The van der Waals surface area contributed by atoms with E-state index in [-0.39, 0.29) is 12.5 Å². The summed E-state index contributed by atoms with van der Waals surface area (Å²) in [5.74, 6) is 0.549. The van der Waals surface area contributed by atoms with Gasteiger partial charge >= 0.3 is 0 Å². The van der Waals surface area contributed by atoms with E-state index in [0.29, 0.717) is 17.1 Å². The van der Waals surface area contributed by atoms with E-state index in [0.717, 1.165) is 4.88 Å². The lowest BCUT2D eigenvalue weighted by atomic mass is 10.1. The van der Waals surface area contributed by atoms with Gasteiger partial charge in [-0.2, -0.15) is 0 Å². The Kier molecular flexibility index (Phi) is 5.19. The van der Waals surface area contributed by atoms with Crippen LogP contribution in [0.5, 0.6) is 11.5 Å². The van der Waals surface area contributed by atoms with Crippen LogP contribution in [0.25, 0.3) is 0 Å². The molecule has 0 spiro atoms. The molecule has 1 aromatic heterocycles. The predicted molar refractivity (Wildman–Crippen MR) is 81.2 cm³/mol. The van der Waals surface area contributed by atoms with Crippen LogP contribution in [-0.4, -0.2) is 31.8 Å². The van der Waals surface area contributed by atoms with Crippen molar-refractivity contribution in [3.8, 4) is 11.5 Å². The van der Waals surface area contributed by atoms with Crippen LogP contribution < -0.4 is 14.8 Å². The number of benzene rings is 1. The molecule has 112 valence electrons. The van der Waals surface area contributed by atoms with E-state index < -0.39 is 6.10 Å². The van der Waals surface area contributed by atoms with E-state index in [1.54, 1.807) is 18.2 Å². The summed E-state index contributed by atoms with van der Waals surface area (Å²) in [7, 11) is 3.00. The molecule has 1 aromatic carbocycles. The summed E-state index contributed by atoms with van der Waals surface area (Å²) in [6, 6.07) is 8.76. The summed E-state index contributed by atoms with van der Waals surface area (Å²) in [6.07, 6.45) is -0.717. The lowest BCUT2D eigenvalue weighted by Crippen LogP contribution is -2.28. The average Bonchev–Trinajstić information content (AvgIpc) is 3.05. The van der Waals surface area contributed by atoms with Gasteiger partial charge in [0.1, 0.15) is 6.10 Å². The van der Waals surface area contributed by atoms with Crippen LogP contribution in [0.2, 0.25) is 0 Å². The quantitative estimate of drug-likeness (QED) is 0.859. The molecule has 2 N–H and O–H groups in total. The largest absolute Gasteiger partial charge is 0.493 e. The molecule has 1 heterocycles. The van der Waals surface area contributed by atoms with E-state index in [4.69, 9.17) is 9.47 Å². The van der Waals surface area contributed by atoms with Gasteiger partial charge in [-0.25, -0.2) is 0 Å². The molecule has 0 aliphatic rings. The third-order valence-corrected chi connectivity index (χ3v) is 3.95. The fourth-order valence-corrected chi connectivity index (χ4v) is 2.64. The zero-order chi connectivity index (χ0) is 15.2. The topological polar surface area (TPSA) is 67.8 Å². The van der Waals surface area contributed by atoms with E-state index in [2.05, 4.69) is 5.32 Å². The lowest BCUT2D eigenvalue weighted by Gasteiger charge is -2.14. The highest BCUT2D eigenvalue weighted by Gasteiger charge is 2.17. The number of methoxy groups -OCH3 is 2. The second-order valence-electron chi connectivity index (χ2n) is 4.28. The first-order valence-corrected chi connectivity index (χ1v) is 7.26. The van der Waals surface area contributed by atoms with Crippen LogP contribution in [0.4, 0.5) is 0 Å². The number of nitrogens with one attached hydrogen (secondary N) is 1. The molecular formula is C15H17NO4S. The van der Waals surface area contributed by atoms with Crippen molar-refractivity contribution in [2.24, 2.45) is 0 Å². The van der Waals surface area contributed by atoms with Crippen LogP contribution in [-0.2, 0) is 0 Å². The van der Waals surface area contributed by atoms with Gasteiger partial charge in [-0.05, 0) is 23.6 Å². The molecule has 2 aromatic rings. The normalized spacial score (nSPS) is 11.8. The molecule has 2 rings (SSSR count). The van der Waals surface area contributed by atoms with Crippen LogP contribution in [0.1, 0.15) is 21.3 Å². The van der Waals surface area contributed by atoms with Crippen molar-refractivity contribution in [2.75, 3.05) is 20.8 Å². The van der Waals surface area contributed by atoms with Crippen molar-refractivity contribution >= 4 is 17.2 Å². The zero-order valence-corrected chi connectivity index (χ0v) is 12.6. The molecule has 1 unspecified atom stereocenters. The molecule has 0 saturated carbocycles. The summed E-state index contributed by atoms with van der Waals surface area (Å²) >= 11 is 1.45. The molecule has 0 bridgehead atoms. The van der Waals surface area contributed by atoms with Crippen LogP contribution in [0.3, 0.4) is 0 Å². The average molecular weight is 307 g/mol. The molecule has 0 saturated heterocycles. The highest BCUT2D eigenvalue weighted by Crippen LogP contribution is 2.30. The summed E-state index contributed by atoms with van der Waals surface area (Å²) in [5.41, 5.74) is 0.371. The summed E-state index contributed by atoms with van der Waals surface area (Å²) < 4.78 is 10.4. The number of aliphatic hydroxyl groups excluding tert-OH is 1.